The maximum atomic E-state index is 12.0. The Kier molecular flexibility index (Phi) is 6.08. The van der Waals surface area contributed by atoms with Gasteiger partial charge < -0.3 is 9.88 Å². The zero-order valence-corrected chi connectivity index (χ0v) is 18.0. The molecule has 4 rings (SSSR count). The van der Waals surface area contributed by atoms with Crippen molar-refractivity contribution >= 4 is 16.8 Å². The molecule has 158 valence electrons. The minimum atomic E-state index is -0.114. The summed E-state index contributed by atoms with van der Waals surface area (Å²) in [4.78, 5) is 19.0. The van der Waals surface area contributed by atoms with Crippen molar-refractivity contribution < 1.29 is 4.79 Å². The summed E-state index contributed by atoms with van der Waals surface area (Å²) in [5.74, 6) is 2.17. The fourth-order valence-corrected chi connectivity index (χ4v) is 4.05. The molecule has 7 heteroatoms. The van der Waals surface area contributed by atoms with Gasteiger partial charge in [-0.3, -0.25) is 14.7 Å². The molecule has 0 saturated carbocycles. The number of amides is 1. The number of nitrogens with zero attached hydrogens (tertiary/aromatic N) is 5. The van der Waals surface area contributed by atoms with Gasteiger partial charge >= 0.3 is 0 Å². The molecule has 0 spiro atoms. The number of rotatable bonds is 6. The number of carbonyl (C=O) groups is 1. The molecular formula is C23H30N6O. The van der Waals surface area contributed by atoms with Gasteiger partial charge in [-0.25, -0.2) is 0 Å². The lowest BCUT2D eigenvalue weighted by molar-refractivity contribution is -0.121. The Morgan fingerprint density at radius 2 is 2.03 bits per heavy atom. The third-order valence-corrected chi connectivity index (χ3v) is 5.81. The predicted molar refractivity (Wildman–Crippen MR) is 117 cm³/mol. The van der Waals surface area contributed by atoms with E-state index in [9.17, 15) is 4.79 Å². The molecule has 0 aliphatic carbocycles. The second kappa shape index (κ2) is 8.92. The third-order valence-electron chi connectivity index (χ3n) is 5.81. The lowest BCUT2D eigenvalue weighted by Crippen LogP contribution is -2.34. The summed E-state index contributed by atoms with van der Waals surface area (Å²) in [6, 6.07) is 10.5. The summed E-state index contributed by atoms with van der Waals surface area (Å²) in [6.45, 7) is 9.67. The van der Waals surface area contributed by atoms with Crippen molar-refractivity contribution in [1.29, 1.82) is 0 Å². The van der Waals surface area contributed by atoms with E-state index in [1.54, 1.807) is 0 Å². The van der Waals surface area contributed by atoms with E-state index in [0.29, 0.717) is 6.42 Å². The quantitative estimate of drug-likeness (QED) is 0.681. The first-order valence-electron chi connectivity index (χ1n) is 10.8. The van der Waals surface area contributed by atoms with Crippen LogP contribution in [0, 0.1) is 5.92 Å². The van der Waals surface area contributed by atoms with Crippen LogP contribution in [0.15, 0.2) is 36.5 Å². The highest BCUT2D eigenvalue weighted by molar-refractivity contribution is 5.78. The number of aromatic nitrogens is 4. The maximum Gasteiger partial charge on any atom is 0.220 e. The van der Waals surface area contributed by atoms with Gasteiger partial charge in [-0.05, 0) is 23.6 Å². The van der Waals surface area contributed by atoms with E-state index in [4.69, 9.17) is 0 Å². The number of hydrogen-bond acceptors (Lipinski definition) is 5. The van der Waals surface area contributed by atoms with Crippen molar-refractivity contribution in [2.75, 3.05) is 13.1 Å². The minimum absolute atomic E-state index is 0.0474. The van der Waals surface area contributed by atoms with E-state index in [-0.39, 0.29) is 17.9 Å². The number of carbonyl (C=O) groups excluding carboxylic acids is 1. The van der Waals surface area contributed by atoms with E-state index in [0.717, 1.165) is 49.8 Å². The van der Waals surface area contributed by atoms with E-state index in [1.807, 2.05) is 19.2 Å². The molecule has 1 N–H and O–H groups in total. The molecule has 2 aromatic heterocycles. The molecule has 0 fully saturated rings. The van der Waals surface area contributed by atoms with Crippen LogP contribution < -0.4 is 5.32 Å². The molecule has 1 amide bonds. The minimum Gasteiger partial charge on any atom is -0.346 e. The average Bonchev–Trinajstić information content (AvgIpc) is 3.05. The Morgan fingerprint density at radius 1 is 1.17 bits per heavy atom. The normalized spacial score (nSPS) is 15.7. The number of hydrogen-bond donors (Lipinski definition) is 1. The van der Waals surface area contributed by atoms with Crippen LogP contribution in [0.4, 0.5) is 0 Å². The Bertz CT molecular complexity index is 1030. The number of fused-ring (bicyclic) bond motifs is 2. The Balaban J connectivity index is 1.48. The Hall–Kier alpha value is -2.80. The van der Waals surface area contributed by atoms with Crippen LogP contribution in [0.5, 0.6) is 0 Å². The lowest BCUT2D eigenvalue weighted by Gasteiger charge is -2.23. The average molecular weight is 407 g/mol. The van der Waals surface area contributed by atoms with Gasteiger partial charge in [0, 0.05) is 50.6 Å². The van der Waals surface area contributed by atoms with Crippen LogP contribution in [0.3, 0.4) is 0 Å². The van der Waals surface area contributed by atoms with Crippen LogP contribution in [-0.2, 0) is 24.3 Å². The molecule has 0 radical (unpaired) electrons. The SMILES string of the molecule is CCC(=O)NC(c1nnc2n1CCN(Cc1ccc3cccnc3c1)CC2)C(C)C. The van der Waals surface area contributed by atoms with Crippen molar-refractivity contribution in [3.63, 3.8) is 0 Å². The van der Waals surface area contributed by atoms with Gasteiger partial charge in [0.05, 0.1) is 11.6 Å². The molecule has 1 aliphatic heterocycles. The summed E-state index contributed by atoms with van der Waals surface area (Å²) in [6.07, 6.45) is 3.16. The Morgan fingerprint density at radius 3 is 2.83 bits per heavy atom. The highest BCUT2D eigenvalue weighted by atomic mass is 16.1. The number of benzene rings is 1. The van der Waals surface area contributed by atoms with Crippen molar-refractivity contribution in [2.45, 2.75) is 52.7 Å². The molecule has 0 saturated heterocycles. The van der Waals surface area contributed by atoms with Crippen LogP contribution in [0.1, 0.15) is 50.4 Å². The number of nitrogens with one attached hydrogen (secondary N) is 1. The molecule has 7 nitrogen and oxygen atoms in total. The van der Waals surface area contributed by atoms with Gasteiger partial charge in [-0.1, -0.05) is 39.0 Å². The van der Waals surface area contributed by atoms with Gasteiger partial charge in [0.15, 0.2) is 5.82 Å². The highest BCUT2D eigenvalue weighted by Crippen LogP contribution is 2.23. The first kappa shape index (κ1) is 20.5. The van der Waals surface area contributed by atoms with E-state index < -0.39 is 0 Å². The molecule has 30 heavy (non-hydrogen) atoms. The molecule has 1 aliphatic rings. The summed E-state index contributed by atoms with van der Waals surface area (Å²) in [5.41, 5.74) is 2.31. The van der Waals surface area contributed by atoms with Gasteiger partial charge in [0.1, 0.15) is 5.82 Å². The van der Waals surface area contributed by atoms with Crippen molar-refractivity contribution in [1.82, 2.24) is 30.0 Å². The van der Waals surface area contributed by atoms with Crippen LogP contribution in [0.2, 0.25) is 0 Å². The molecule has 1 aromatic carbocycles. The van der Waals surface area contributed by atoms with E-state index >= 15 is 0 Å². The zero-order valence-electron chi connectivity index (χ0n) is 18.0. The highest BCUT2D eigenvalue weighted by Gasteiger charge is 2.27. The fourth-order valence-electron chi connectivity index (χ4n) is 4.05. The van der Waals surface area contributed by atoms with Gasteiger partial charge in [0.25, 0.3) is 0 Å². The standard InChI is InChI=1S/C23H30N6O/c1-4-21(30)25-22(16(2)3)23-27-26-20-9-11-28(12-13-29(20)23)15-17-7-8-18-6-5-10-24-19(18)14-17/h5-8,10,14,16,22H,4,9,11-13,15H2,1-3H3,(H,25,30). The largest absolute Gasteiger partial charge is 0.346 e. The third kappa shape index (κ3) is 4.36. The molecule has 1 unspecified atom stereocenters. The second-order valence-corrected chi connectivity index (χ2v) is 8.33. The fraction of sp³-hybridized carbons (Fsp3) is 0.478. The monoisotopic (exact) mass is 406 g/mol. The van der Waals surface area contributed by atoms with E-state index in [1.165, 1.54) is 10.9 Å². The lowest BCUT2D eigenvalue weighted by atomic mass is 10.0. The topological polar surface area (TPSA) is 75.9 Å². The first-order chi connectivity index (χ1) is 14.5. The van der Waals surface area contributed by atoms with Crippen LogP contribution in [0.25, 0.3) is 10.9 Å². The summed E-state index contributed by atoms with van der Waals surface area (Å²) >= 11 is 0. The van der Waals surface area contributed by atoms with Crippen LogP contribution in [-0.4, -0.2) is 43.6 Å². The smallest absolute Gasteiger partial charge is 0.220 e. The van der Waals surface area contributed by atoms with Gasteiger partial charge in [0.2, 0.25) is 5.91 Å². The van der Waals surface area contributed by atoms with Crippen LogP contribution >= 0.6 is 0 Å². The first-order valence-corrected chi connectivity index (χ1v) is 10.8. The molecule has 3 aromatic rings. The predicted octanol–water partition coefficient (Wildman–Crippen LogP) is 3.11. The summed E-state index contributed by atoms with van der Waals surface area (Å²) in [5, 5.41) is 13.2. The zero-order chi connectivity index (χ0) is 21.1. The van der Waals surface area contributed by atoms with Crippen molar-refractivity contribution in [3.05, 3.63) is 53.7 Å². The van der Waals surface area contributed by atoms with Gasteiger partial charge in [-0.15, -0.1) is 10.2 Å². The van der Waals surface area contributed by atoms with Gasteiger partial charge in [-0.2, -0.15) is 0 Å². The molecule has 3 heterocycles. The molecular weight excluding hydrogens is 376 g/mol. The maximum absolute atomic E-state index is 12.0. The number of pyridine rings is 1. The molecule has 1 atom stereocenters. The van der Waals surface area contributed by atoms with Crippen molar-refractivity contribution in [2.24, 2.45) is 5.92 Å². The van der Waals surface area contributed by atoms with Crippen molar-refractivity contribution in [3.8, 4) is 0 Å². The Labute approximate surface area is 177 Å². The second-order valence-electron chi connectivity index (χ2n) is 8.33. The summed E-state index contributed by atoms with van der Waals surface area (Å²) in [7, 11) is 0. The molecule has 0 bridgehead atoms. The van der Waals surface area contributed by atoms with E-state index in [2.05, 4.69) is 68.1 Å². The summed E-state index contributed by atoms with van der Waals surface area (Å²) < 4.78 is 2.21.